The zero-order valence-electron chi connectivity index (χ0n) is 10.6. The average molecular weight is 256 g/mol. The van der Waals surface area contributed by atoms with Crippen molar-refractivity contribution >= 4 is 17.2 Å². The molecular weight excluding hydrogens is 236 g/mol. The second-order valence-corrected chi connectivity index (χ2v) is 5.98. The molecule has 1 aromatic rings. The number of nitrogens with one attached hydrogen (secondary N) is 1. The van der Waals surface area contributed by atoms with E-state index in [9.17, 15) is 4.79 Å². The summed E-state index contributed by atoms with van der Waals surface area (Å²) in [4.78, 5) is 11.4. The molecule has 1 rings (SSSR count). The van der Waals surface area contributed by atoms with E-state index >= 15 is 0 Å². The molecule has 0 saturated carbocycles. The molecule has 3 N–H and O–H groups in total. The summed E-state index contributed by atoms with van der Waals surface area (Å²) in [5, 5.41) is 12.8. The molecule has 0 saturated heterocycles. The second-order valence-electron chi connectivity index (χ2n) is 4.92. The lowest BCUT2D eigenvalue weighted by molar-refractivity contribution is -0.121. The Morgan fingerprint density at radius 2 is 2.12 bits per heavy atom. The molecule has 0 aliphatic carbocycles. The van der Waals surface area contributed by atoms with E-state index in [0.29, 0.717) is 19.5 Å². The number of hydrogen-bond acceptors (Lipinski definition) is 5. The van der Waals surface area contributed by atoms with Gasteiger partial charge >= 0.3 is 0 Å². The first-order chi connectivity index (χ1) is 7.93. The van der Waals surface area contributed by atoms with E-state index in [1.54, 1.807) is 11.3 Å². The SMILES string of the molecule is CC(C)(C)c1nnc(CNC(=O)CCCN)s1. The molecular formula is C11H20N4OS. The average Bonchev–Trinajstić information content (AvgIpc) is 2.71. The summed E-state index contributed by atoms with van der Waals surface area (Å²) in [5.41, 5.74) is 5.35. The van der Waals surface area contributed by atoms with Gasteiger partial charge in [0.15, 0.2) is 0 Å². The van der Waals surface area contributed by atoms with Gasteiger partial charge in [-0.1, -0.05) is 32.1 Å². The lowest BCUT2D eigenvalue weighted by Crippen LogP contribution is -2.23. The van der Waals surface area contributed by atoms with Crippen LogP contribution >= 0.6 is 11.3 Å². The van der Waals surface area contributed by atoms with Crippen LogP contribution in [0.25, 0.3) is 0 Å². The fraction of sp³-hybridized carbons (Fsp3) is 0.727. The number of carbonyl (C=O) groups is 1. The van der Waals surface area contributed by atoms with E-state index < -0.39 is 0 Å². The van der Waals surface area contributed by atoms with Crippen LogP contribution < -0.4 is 11.1 Å². The van der Waals surface area contributed by atoms with Crippen LogP contribution in [0.2, 0.25) is 0 Å². The second kappa shape index (κ2) is 6.07. The molecule has 0 aliphatic heterocycles. The van der Waals surface area contributed by atoms with Crippen molar-refractivity contribution in [1.82, 2.24) is 15.5 Å². The Kier molecular flexibility index (Phi) is 5.02. The first-order valence-corrected chi connectivity index (χ1v) is 6.54. The molecule has 1 heterocycles. The van der Waals surface area contributed by atoms with Gasteiger partial charge in [-0.2, -0.15) is 0 Å². The Morgan fingerprint density at radius 3 is 2.65 bits per heavy atom. The number of aromatic nitrogens is 2. The smallest absolute Gasteiger partial charge is 0.220 e. The van der Waals surface area contributed by atoms with Gasteiger partial charge in [-0.05, 0) is 13.0 Å². The van der Waals surface area contributed by atoms with Gasteiger partial charge < -0.3 is 11.1 Å². The van der Waals surface area contributed by atoms with Gasteiger partial charge in [0.1, 0.15) is 10.0 Å². The highest BCUT2D eigenvalue weighted by Crippen LogP contribution is 2.25. The molecule has 0 spiro atoms. The maximum absolute atomic E-state index is 11.4. The van der Waals surface area contributed by atoms with Gasteiger partial charge in [-0.25, -0.2) is 0 Å². The molecule has 6 heteroatoms. The first kappa shape index (κ1) is 14.1. The van der Waals surface area contributed by atoms with Gasteiger partial charge in [0.05, 0.1) is 6.54 Å². The highest BCUT2D eigenvalue weighted by Gasteiger charge is 2.19. The number of rotatable bonds is 5. The van der Waals surface area contributed by atoms with Gasteiger partial charge in [0, 0.05) is 11.8 Å². The Bertz CT molecular complexity index is 370. The van der Waals surface area contributed by atoms with Crippen LogP contribution in [0.4, 0.5) is 0 Å². The van der Waals surface area contributed by atoms with Gasteiger partial charge in [-0.3, -0.25) is 4.79 Å². The lowest BCUT2D eigenvalue weighted by atomic mass is 9.98. The third-order valence-corrected chi connectivity index (χ3v) is 3.50. The normalized spacial score (nSPS) is 11.5. The fourth-order valence-corrected chi connectivity index (χ4v) is 1.99. The van der Waals surface area contributed by atoms with Crippen molar-refractivity contribution in [3.63, 3.8) is 0 Å². The molecule has 1 amide bonds. The van der Waals surface area contributed by atoms with E-state index in [2.05, 4.69) is 36.3 Å². The summed E-state index contributed by atoms with van der Waals surface area (Å²) in [6, 6.07) is 0. The van der Waals surface area contributed by atoms with E-state index in [-0.39, 0.29) is 11.3 Å². The van der Waals surface area contributed by atoms with Crippen molar-refractivity contribution in [2.75, 3.05) is 6.54 Å². The van der Waals surface area contributed by atoms with Crippen LogP contribution in [0, 0.1) is 0 Å². The summed E-state index contributed by atoms with van der Waals surface area (Å²) in [6.07, 6.45) is 1.19. The van der Waals surface area contributed by atoms with Crippen molar-refractivity contribution < 1.29 is 4.79 Å². The Morgan fingerprint density at radius 1 is 1.41 bits per heavy atom. The Hall–Kier alpha value is -1.01. The molecule has 5 nitrogen and oxygen atoms in total. The van der Waals surface area contributed by atoms with Crippen molar-refractivity contribution in [2.45, 2.75) is 45.6 Å². The predicted molar refractivity (Wildman–Crippen MR) is 68.7 cm³/mol. The van der Waals surface area contributed by atoms with Crippen LogP contribution in [-0.2, 0) is 16.8 Å². The maximum Gasteiger partial charge on any atom is 0.220 e. The predicted octanol–water partition coefficient (Wildman–Crippen LogP) is 1.19. The quantitative estimate of drug-likeness (QED) is 0.829. The van der Waals surface area contributed by atoms with Gasteiger partial charge in [0.25, 0.3) is 0 Å². The van der Waals surface area contributed by atoms with Crippen molar-refractivity contribution in [3.05, 3.63) is 10.0 Å². The minimum absolute atomic E-state index is 0.0134. The molecule has 0 atom stereocenters. The van der Waals surface area contributed by atoms with Gasteiger partial charge in [-0.15, -0.1) is 10.2 Å². The maximum atomic E-state index is 11.4. The third-order valence-electron chi connectivity index (χ3n) is 2.15. The van der Waals surface area contributed by atoms with E-state index in [1.165, 1.54) is 0 Å². The third kappa shape index (κ3) is 4.79. The number of amides is 1. The highest BCUT2D eigenvalue weighted by atomic mass is 32.1. The van der Waals surface area contributed by atoms with E-state index in [0.717, 1.165) is 16.4 Å². The van der Waals surface area contributed by atoms with Crippen LogP contribution in [0.15, 0.2) is 0 Å². The minimum atomic E-state index is 0.0134. The zero-order chi connectivity index (χ0) is 12.9. The van der Waals surface area contributed by atoms with Crippen molar-refractivity contribution in [3.8, 4) is 0 Å². The molecule has 0 fully saturated rings. The fourth-order valence-electron chi connectivity index (χ4n) is 1.15. The standard InChI is InChI=1S/C11H20N4OS/c1-11(2,3)10-15-14-9(17-10)7-13-8(16)5-4-6-12/h4-7,12H2,1-3H3,(H,13,16). The van der Waals surface area contributed by atoms with Crippen LogP contribution in [0.5, 0.6) is 0 Å². The number of hydrogen-bond donors (Lipinski definition) is 2. The summed E-state index contributed by atoms with van der Waals surface area (Å²) >= 11 is 1.54. The molecule has 1 aromatic heterocycles. The molecule has 0 aliphatic rings. The monoisotopic (exact) mass is 256 g/mol. The molecule has 0 radical (unpaired) electrons. The summed E-state index contributed by atoms with van der Waals surface area (Å²) in [6.45, 7) is 7.28. The first-order valence-electron chi connectivity index (χ1n) is 5.73. The molecule has 0 aromatic carbocycles. The van der Waals surface area contributed by atoms with Crippen LogP contribution in [0.3, 0.4) is 0 Å². The van der Waals surface area contributed by atoms with E-state index in [4.69, 9.17) is 5.73 Å². The summed E-state index contributed by atoms with van der Waals surface area (Å²) < 4.78 is 0. The Balaban J connectivity index is 2.42. The van der Waals surface area contributed by atoms with Crippen molar-refractivity contribution in [1.29, 1.82) is 0 Å². The zero-order valence-corrected chi connectivity index (χ0v) is 11.4. The van der Waals surface area contributed by atoms with E-state index in [1.807, 2.05) is 0 Å². The molecule has 0 unspecified atom stereocenters. The van der Waals surface area contributed by atoms with Crippen molar-refractivity contribution in [2.24, 2.45) is 5.73 Å². The topological polar surface area (TPSA) is 80.9 Å². The molecule has 0 bridgehead atoms. The lowest BCUT2D eigenvalue weighted by Gasteiger charge is -2.12. The number of nitrogens with zero attached hydrogens (tertiary/aromatic N) is 2. The van der Waals surface area contributed by atoms with Crippen LogP contribution in [-0.4, -0.2) is 22.6 Å². The molecule has 17 heavy (non-hydrogen) atoms. The largest absolute Gasteiger partial charge is 0.350 e. The highest BCUT2D eigenvalue weighted by molar-refractivity contribution is 7.11. The minimum Gasteiger partial charge on any atom is -0.350 e. The molecule has 96 valence electrons. The summed E-state index contributed by atoms with van der Waals surface area (Å²) in [5.74, 6) is 0.0166. The van der Waals surface area contributed by atoms with Gasteiger partial charge in [0.2, 0.25) is 5.91 Å². The summed E-state index contributed by atoms with van der Waals surface area (Å²) in [7, 11) is 0. The number of carbonyl (C=O) groups excluding carboxylic acids is 1. The number of nitrogens with two attached hydrogens (primary N) is 1. The van der Waals surface area contributed by atoms with Crippen LogP contribution in [0.1, 0.15) is 43.6 Å². The Labute approximate surface area is 106 Å².